The minimum absolute atomic E-state index is 0.00812. The highest BCUT2D eigenvalue weighted by atomic mass is 15.1. The lowest BCUT2D eigenvalue weighted by molar-refractivity contribution is 0.705. The molecule has 0 atom stereocenters. The van der Waals surface area contributed by atoms with Crippen LogP contribution in [-0.4, -0.2) is 11.6 Å². The van der Waals surface area contributed by atoms with E-state index in [4.69, 9.17) is 5.73 Å². The highest BCUT2D eigenvalue weighted by Crippen LogP contribution is 2.20. The SMILES string of the molecule is Cc1ccccc1N=NC1C=CC(C)(N)C=C1. The number of rotatable bonds is 2. The molecule has 0 unspecified atom stereocenters. The number of hydrogen-bond donors (Lipinski definition) is 1. The van der Waals surface area contributed by atoms with Crippen LogP contribution in [0.5, 0.6) is 0 Å². The first-order valence-corrected chi connectivity index (χ1v) is 5.71. The van der Waals surface area contributed by atoms with Crippen molar-refractivity contribution in [1.82, 2.24) is 0 Å². The zero-order chi connectivity index (χ0) is 12.3. The van der Waals surface area contributed by atoms with E-state index in [1.165, 1.54) is 0 Å². The lowest BCUT2D eigenvalue weighted by Gasteiger charge is -2.19. The number of benzene rings is 1. The van der Waals surface area contributed by atoms with E-state index in [9.17, 15) is 0 Å². The van der Waals surface area contributed by atoms with E-state index in [1.54, 1.807) is 0 Å². The largest absolute Gasteiger partial charge is 0.319 e. The Morgan fingerprint density at radius 1 is 1.18 bits per heavy atom. The summed E-state index contributed by atoms with van der Waals surface area (Å²) in [6.45, 7) is 3.98. The van der Waals surface area contributed by atoms with Gasteiger partial charge in [-0.05, 0) is 25.5 Å². The first-order chi connectivity index (χ1) is 8.07. The maximum Gasteiger partial charge on any atom is 0.108 e. The fraction of sp³-hybridized carbons (Fsp3) is 0.286. The smallest absolute Gasteiger partial charge is 0.108 e. The van der Waals surface area contributed by atoms with Crippen LogP contribution in [0.15, 0.2) is 58.8 Å². The van der Waals surface area contributed by atoms with Crippen molar-refractivity contribution in [3.8, 4) is 0 Å². The number of hydrogen-bond acceptors (Lipinski definition) is 3. The van der Waals surface area contributed by atoms with Crippen LogP contribution in [0.4, 0.5) is 5.69 Å². The molecule has 0 amide bonds. The fourth-order valence-corrected chi connectivity index (χ4v) is 1.61. The summed E-state index contributed by atoms with van der Waals surface area (Å²) in [6.07, 6.45) is 7.85. The Morgan fingerprint density at radius 2 is 1.82 bits per heavy atom. The molecule has 0 heterocycles. The Hall–Kier alpha value is -1.74. The minimum atomic E-state index is -0.352. The number of azo groups is 1. The normalized spacial score (nSPS) is 27.8. The van der Waals surface area contributed by atoms with Crippen LogP contribution < -0.4 is 5.73 Å². The molecule has 0 bridgehead atoms. The van der Waals surface area contributed by atoms with Crippen LogP contribution in [0.3, 0.4) is 0 Å². The van der Waals surface area contributed by atoms with Crippen LogP contribution >= 0.6 is 0 Å². The van der Waals surface area contributed by atoms with Gasteiger partial charge in [0.1, 0.15) is 6.04 Å². The number of nitrogens with zero attached hydrogens (tertiary/aromatic N) is 2. The Kier molecular flexibility index (Phi) is 3.20. The molecule has 0 radical (unpaired) electrons. The van der Waals surface area contributed by atoms with Crippen LogP contribution in [0, 0.1) is 6.92 Å². The van der Waals surface area contributed by atoms with Crippen LogP contribution in [-0.2, 0) is 0 Å². The molecular formula is C14H17N3. The van der Waals surface area contributed by atoms with Gasteiger partial charge in [-0.25, -0.2) is 0 Å². The van der Waals surface area contributed by atoms with E-state index in [1.807, 2.05) is 62.4 Å². The summed E-state index contributed by atoms with van der Waals surface area (Å²) in [4.78, 5) is 0. The quantitative estimate of drug-likeness (QED) is 0.611. The molecule has 0 spiro atoms. The number of aryl methyl sites for hydroxylation is 1. The van der Waals surface area contributed by atoms with Gasteiger partial charge in [-0.1, -0.05) is 42.5 Å². The van der Waals surface area contributed by atoms with Crippen molar-refractivity contribution in [2.75, 3.05) is 0 Å². The predicted octanol–water partition coefficient (Wildman–Crippen LogP) is 3.29. The molecule has 0 fully saturated rings. The van der Waals surface area contributed by atoms with E-state index in [0.717, 1.165) is 11.3 Å². The van der Waals surface area contributed by atoms with E-state index in [0.29, 0.717) is 0 Å². The Labute approximate surface area is 102 Å². The van der Waals surface area contributed by atoms with Crippen molar-refractivity contribution < 1.29 is 0 Å². The zero-order valence-electron chi connectivity index (χ0n) is 10.2. The van der Waals surface area contributed by atoms with Gasteiger partial charge in [0.15, 0.2) is 0 Å². The molecule has 1 aromatic carbocycles. The van der Waals surface area contributed by atoms with Crippen LogP contribution in [0.25, 0.3) is 0 Å². The summed E-state index contributed by atoms with van der Waals surface area (Å²) >= 11 is 0. The first kappa shape index (κ1) is 11.7. The molecule has 3 nitrogen and oxygen atoms in total. The average Bonchev–Trinajstić information content (AvgIpc) is 2.30. The molecule has 0 saturated heterocycles. The Balaban J connectivity index is 2.09. The van der Waals surface area contributed by atoms with Crippen molar-refractivity contribution in [3.63, 3.8) is 0 Å². The van der Waals surface area contributed by atoms with E-state index < -0.39 is 0 Å². The number of nitrogens with two attached hydrogens (primary N) is 1. The summed E-state index contributed by atoms with van der Waals surface area (Å²) in [5, 5.41) is 8.53. The summed E-state index contributed by atoms with van der Waals surface area (Å²) in [7, 11) is 0. The summed E-state index contributed by atoms with van der Waals surface area (Å²) in [5.41, 5.74) is 7.61. The van der Waals surface area contributed by atoms with E-state index in [-0.39, 0.29) is 11.6 Å². The topological polar surface area (TPSA) is 50.7 Å². The van der Waals surface area contributed by atoms with Gasteiger partial charge in [0, 0.05) is 5.54 Å². The fourth-order valence-electron chi connectivity index (χ4n) is 1.61. The predicted molar refractivity (Wildman–Crippen MR) is 70.4 cm³/mol. The minimum Gasteiger partial charge on any atom is -0.319 e. The molecule has 2 N–H and O–H groups in total. The third-order valence-electron chi connectivity index (χ3n) is 2.72. The average molecular weight is 227 g/mol. The van der Waals surface area contributed by atoms with Gasteiger partial charge in [0.25, 0.3) is 0 Å². The summed E-state index contributed by atoms with van der Waals surface area (Å²) in [6, 6.07) is 7.94. The van der Waals surface area contributed by atoms with Gasteiger partial charge >= 0.3 is 0 Å². The van der Waals surface area contributed by atoms with Crippen molar-refractivity contribution in [3.05, 3.63) is 54.1 Å². The molecule has 1 aliphatic carbocycles. The van der Waals surface area contributed by atoms with Gasteiger partial charge in [-0.2, -0.15) is 10.2 Å². The van der Waals surface area contributed by atoms with Crippen molar-refractivity contribution >= 4 is 5.69 Å². The van der Waals surface area contributed by atoms with E-state index >= 15 is 0 Å². The second-order valence-corrected chi connectivity index (χ2v) is 4.58. The Bertz CT molecular complexity index is 468. The summed E-state index contributed by atoms with van der Waals surface area (Å²) in [5.74, 6) is 0. The third-order valence-corrected chi connectivity index (χ3v) is 2.72. The zero-order valence-corrected chi connectivity index (χ0v) is 10.2. The maximum absolute atomic E-state index is 5.93. The highest BCUT2D eigenvalue weighted by Gasteiger charge is 2.15. The van der Waals surface area contributed by atoms with Crippen molar-refractivity contribution in [2.45, 2.75) is 25.4 Å². The molecule has 17 heavy (non-hydrogen) atoms. The second kappa shape index (κ2) is 4.63. The van der Waals surface area contributed by atoms with Crippen molar-refractivity contribution in [1.29, 1.82) is 0 Å². The third kappa shape index (κ3) is 3.11. The first-order valence-electron chi connectivity index (χ1n) is 5.71. The van der Waals surface area contributed by atoms with Crippen LogP contribution in [0.1, 0.15) is 12.5 Å². The van der Waals surface area contributed by atoms with Gasteiger partial charge in [0.05, 0.1) is 5.69 Å². The lowest BCUT2D eigenvalue weighted by atomic mass is 9.96. The molecule has 1 aliphatic rings. The highest BCUT2D eigenvalue weighted by molar-refractivity contribution is 5.44. The van der Waals surface area contributed by atoms with Gasteiger partial charge in [-0.15, -0.1) is 0 Å². The lowest BCUT2D eigenvalue weighted by Crippen LogP contribution is -2.33. The molecule has 2 rings (SSSR count). The van der Waals surface area contributed by atoms with Crippen molar-refractivity contribution in [2.24, 2.45) is 16.0 Å². The monoisotopic (exact) mass is 227 g/mol. The second-order valence-electron chi connectivity index (χ2n) is 4.58. The molecule has 0 aliphatic heterocycles. The molecule has 0 aromatic heterocycles. The molecule has 1 aromatic rings. The molecule has 88 valence electrons. The van der Waals surface area contributed by atoms with E-state index in [2.05, 4.69) is 10.2 Å². The van der Waals surface area contributed by atoms with Gasteiger partial charge in [-0.3, -0.25) is 0 Å². The molecule has 3 heteroatoms. The maximum atomic E-state index is 5.93. The summed E-state index contributed by atoms with van der Waals surface area (Å²) < 4.78 is 0. The Morgan fingerprint density at radius 3 is 2.47 bits per heavy atom. The van der Waals surface area contributed by atoms with Gasteiger partial charge in [0.2, 0.25) is 0 Å². The standard InChI is InChI=1S/C14H17N3/c1-11-5-3-4-6-13(11)17-16-12-7-9-14(2,15)10-8-12/h3-10,12H,15H2,1-2H3. The van der Waals surface area contributed by atoms with Gasteiger partial charge < -0.3 is 5.73 Å². The molecular weight excluding hydrogens is 210 g/mol. The van der Waals surface area contributed by atoms with Crippen LogP contribution in [0.2, 0.25) is 0 Å². The molecule has 0 saturated carbocycles.